The number of benzene rings is 2. The molecule has 1 heterocycles. The summed E-state index contributed by atoms with van der Waals surface area (Å²) in [5.74, 6) is -3.44. The maximum absolute atomic E-state index is 14.7. The van der Waals surface area contributed by atoms with Crippen LogP contribution >= 0.6 is 0 Å². The molecule has 0 aliphatic carbocycles. The molecule has 3 rings (SSSR count). The van der Waals surface area contributed by atoms with Crippen molar-refractivity contribution in [3.8, 4) is 5.75 Å². The van der Waals surface area contributed by atoms with Crippen molar-refractivity contribution in [2.24, 2.45) is 0 Å². The Morgan fingerprint density at radius 1 is 1.15 bits per heavy atom. The lowest BCUT2D eigenvalue weighted by molar-refractivity contribution is -0.126. The third kappa shape index (κ3) is 7.96. The third-order valence-corrected chi connectivity index (χ3v) is 6.65. The number of aryl methyl sites for hydroxylation is 2. The van der Waals surface area contributed by atoms with Crippen molar-refractivity contribution in [2.45, 2.75) is 58.3 Å². The van der Waals surface area contributed by atoms with Gasteiger partial charge in [-0.3, -0.25) is 19.3 Å². The average molecular weight is 547 g/mol. The minimum absolute atomic E-state index is 0.0569. The van der Waals surface area contributed by atoms with Gasteiger partial charge in [0.2, 0.25) is 11.8 Å². The van der Waals surface area contributed by atoms with Gasteiger partial charge in [-0.2, -0.15) is 0 Å². The van der Waals surface area contributed by atoms with E-state index in [2.05, 4.69) is 16.0 Å². The Morgan fingerprint density at radius 3 is 2.59 bits per heavy atom. The number of hydrogen-bond acceptors (Lipinski definition) is 6. The second-order valence-electron chi connectivity index (χ2n) is 9.91. The Kier molecular flexibility index (Phi) is 10.4. The van der Waals surface area contributed by atoms with Crippen LogP contribution in [0, 0.1) is 18.6 Å². The summed E-state index contributed by atoms with van der Waals surface area (Å²) < 4.78 is 33.9. The van der Waals surface area contributed by atoms with Crippen LogP contribution in [0.25, 0.3) is 0 Å². The molecule has 3 amide bonds. The van der Waals surface area contributed by atoms with E-state index in [-0.39, 0.29) is 36.9 Å². The van der Waals surface area contributed by atoms with Gasteiger partial charge in [0.05, 0.1) is 19.8 Å². The minimum Gasteiger partial charge on any atom is -0.496 e. The van der Waals surface area contributed by atoms with E-state index < -0.39 is 41.6 Å². The first kappa shape index (κ1) is 30.0. The molecular weight excluding hydrogens is 510 g/mol. The first-order valence-electron chi connectivity index (χ1n) is 12.9. The summed E-state index contributed by atoms with van der Waals surface area (Å²) in [5.41, 5.74) is 2.20. The highest BCUT2D eigenvalue weighted by atomic mass is 19.2. The summed E-state index contributed by atoms with van der Waals surface area (Å²) in [6, 6.07) is 5.66. The quantitative estimate of drug-likeness (QED) is 0.465. The van der Waals surface area contributed by atoms with Crippen LogP contribution in [0.2, 0.25) is 0 Å². The Hall–Kier alpha value is -3.57. The highest BCUT2D eigenvalue weighted by Crippen LogP contribution is 2.25. The number of amides is 3. The fraction of sp³-hybridized carbons (Fsp3) is 0.464. The second-order valence-corrected chi connectivity index (χ2v) is 9.91. The van der Waals surface area contributed by atoms with Gasteiger partial charge in [0.1, 0.15) is 11.8 Å². The molecule has 212 valence electrons. The maximum atomic E-state index is 14.7. The number of fused-ring (bicyclic) bond motifs is 2. The number of aliphatic hydroxyl groups excluding tert-OH is 1. The zero-order valence-corrected chi connectivity index (χ0v) is 22.6. The van der Waals surface area contributed by atoms with Crippen molar-refractivity contribution in [3.63, 3.8) is 0 Å². The monoisotopic (exact) mass is 546 g/mol. The molecule has 0 unspecified atom stereocenters. The van der Waals surface area contributed by atoms with E-state index >= 15 is 0 Å². The smallest absolute Gasteiger partial charge is 0.252 e. The number of halogens is 2. The predicted octanol–water partition coefficient (Wildman–Crippen LogP) is 1.83. The van der Waals surface area contributed by atoms with Crippen LogP contribution in [-0.4, -0.2) is 72.7 Å². The Bertz CT molecular complexity index is 1210. The molecule has 0 radical (unpaired) electrons. The number of aliphatic hydroxyl groups is 1. The number of carbonyl (C=O) groups excluding carboxylic acids is 3. The molecule has 0 aromatic heterocycles. The molecule has 1 aliphatic heterocycles. The summed E-state index contributed by atoms with van der Waals surface area (Å²) >= 11 is 0. The fourth-order valence-corrected chi connectivity index (χ4v) is 4.57. The average Bonchev–Trinajstić information content (AvgIpc) is 2.87. The number of nitrogens with zero attached hydrogens (tertiary/aromatic N) is 1. The normalized spacial score (nSPS) is 20.8. The van der Waals surface area contributed by atoms with Gasteiger partial charge in [0, 0.05) is 36.8 Å². The second kappa shape index (κ2) is 13.5. The van der Waals surface area contributed by atoms with Crippen molar-refractivity contribution >= 4 is 17.7 Å². The summed E-state index contributed by atoms with van der Waals surface area (Å²) in [5, 5.41) is 18.5. The van der Waals surface area contributed by atoms with Crippen LogP contribution in [-0.2, 0) is 22.6 Å². The molecule has 4 N–H and O–H groups in total. The van der Waals surface area contributed by atoms with E-state index in [0.717, 1.165) is 17.2 Å². The number of methoxy groups -OCH3 is 1. The van der Waals surface area contributed by atoms with Crippen LogP contribution in [0.5, 0.6) is 5.75 Å². The number of carbonyl (C=O) groups is 3. The molecule has 9 nitrogen and oxygen atoms in total. The van der Waals surface area contributed by atoms with Crippen molar-refractivity contribution in [2.75, 3.05) is 26.7 Å². The molecule has 2 aromatic rings. The van der Waals surface area contributed by atoms with Crippen LogP contribution in [0.15, 0.2) is 30.3 Å². The van der Waals surface area contributed by atoms with Gasteiger partial charge in [-0.15, -0.1) is 0 Å². The molecule has 11 heteroatoms. The van der Waals surface area contributed by atoms with Gasteiger partial charge in [-0.1, -0.05) is 6.07 Å². The highest BCUT2D eigenvalue weighted by Gasteiger charge is 2.28. The van der Waals surface area contributed by atoms with Gasteiger partial charge >= 0.3 is 0 Å². The van der Waals surface area contributed by atoms with Crippen molar-refractivity contribution in [1.29, 1.82) is 0 Å². The van der Waals surface area contributed by atoms with Crippen molar-refractivity contribution in [3.05, 3.63) is 64.2 Å². The standard InChI is InChI=1S/C28H36F2N4O5/c1-16-7-8-20-12-19(16)6-5-11-31-24(36)15-34(14-21-23(39-4)10-9-22(29)25(21)30)13-17(2)32-28(38)26(18(3)35)33-27(20)37/h7-10,12,17-18,26,35H,5-6,11,13-15H2,1-4H3,(H,31,36)(H,32,38)(H,33,37)/t17-,18-,26+/m1/s1. The van der Waals surface area contributed by atoms with Gasteiger partial charge in [0.25, 0.3) is 5.91 Å². The zero-order valence-electron chi connectivity index (χ0n) is 22.6. The SMILES string of the molecule is COc1ccc(F)c(F)c1CN1CC(=O)NCCCc2cc(ccc2C)C(=O)N[C@@H]([C@@H](C)O)C(=O)N[C@H](C)C1. The molecule has 0 saturated carbocycles. The minimum atomic E-state index is -1.24. The molecule has 3 atom stereocenters. The highest BCUT2D eigenvalue weighted by molar-refractivity contribution is 5.98. The fourth-order valence-electron chi connectivity index (χ4n) is 4.57. The lowest BCUT2D eigenvalue weighted by Crippen LogP contribution is -2.55. The lowest BCUT2D eigenvalue weighted by Gasteiger charge is -2.28. The molecule has 0 spiro atoms. The Balaban J connectivity index is 1.90. The van der Waals surface area contributed by atoms with Gasteiger partial charge in [0.15, 0.2) is 11.6 Å². The topological polar surface area (TPSA) is 120 Å². The molecule has 2 aromatic carbocycles. The molecule has 1 aliphatic rings. The van der Waals surface area contributed by atoms with Gasteiger partial charge in [-0.25, -0.2) is 8.78 Å². The molecule has 2 bridgehead atoms. The van der Waals surface area contributed by atoms with E-state index in [1.807, 2.05) is 13.0 Å². The van der Waals surface area contributed by atoms with E-state index in [1.165, 1.54) is 20.1 Å². The van der Waals surface area contributed by atoms with Crippen molar-refractivity contribution < 1.29 is 33.0 Å². The molecule has 0 saturated heterocycles. The van der Waals surface area contributed by atoms with Crippen LogP contribution < -0.4 is 20.7 Å². The van der Waals surface area contributed by atoms with Crippen molar-refractivity contribution in [1.82, 2.24) is 20.9 Å². The Morgan fingerprint density at radius 2 is 1.90 bits per heavy atom. The number of hydrogen-bond donors (Lipinski definition) is 4. The summed E-state index contributed by atoms with van der Waals surface area (Å²) in [7, 11) is 1.34. The third-order valence-electron chi connectivity index (χ3n) is 6.65. The van der Waals surface area contributed by atoms with Gasteiger partial charge in [-0.05, 0) is 69.0 Å². The van der Waals surface area contributed by atoms with Gasteiger partial charge < -0.3 is 25.8 Å². The van der Waals surface area contributed by atoms with E-state index in [4.69, 9.17) is 4.74 Å². The molecule has 0 fully saturated rings. The summed E-state index contributed by atoms with van der Waals surface area (Å²) in [6.07, 6.45) is 0.0113. The number of ether oxygens (including phenoxy) is 1. The largest absolute Gasteiger partial charge is 0.496 e. The Labute approximate surface area is 226 Å². The maximum Gasteiger partial charge on any atom is 0.252 e. The van der Waals surface area contributed by atoms with E-state index in [1.54, 1.807) is 24.0 Å². The summed E-state index contributed by atoms with van der Waals surface area (Å²) in [6.45, 7) is 5.13. The number of nitrogens with one attached hydrogen (secondary N) is 3. The van der Waals surface area contributed by atoms with Crippen LogP contribution in [0.1, 0.15) is 47.3 Å². The van der Waals surface area contributed by atoms with E-state index in [0.29, 0.717) is 24.9 Å². The first-order valence-corrected chi connectivity index (χ1v) is 12.9. The molecule has 39 heavy (non-hydrogen) atoms. The van der Waals surface area contributed by atoms with E-state index in [9.17, 15) is 28.3 Å². The number of rotatable bonds is 4. The lowest BCUT2D eigenvalue weighted by atomic mass is 10.00. The zero-order chi connectivity index (χ0) is 28.7. The van der Waals surface area contributed by atoms with Crippen LogP contribution in [0.4, 0.5) is 8.78 Å². The first-order chi connectivity index (χ1) is 18.5. The molecular formula is C28H36F2N4O5. The predicted molar refractivity (Wildman–Crippen MR) is 141 cm³/mol. The summed E-state index contributed by atoms with van der Waals surface area (Å²) in [4.78, 5) is 40.4. The van der Waals surface area contributed by atoms with Crippen LogP contribution in [0.3, 0.4) is 0 Å².